The Morgan fingerprint density at radius 1 is 1.00 bits per heavy atom. The molecular weight excluding hydrogens is 424 g/mol. The van der Waals surface area contributed by atoms with Crippen LogP contribution < -0.4 is 20.9 Å². The van der Waals surface area contributed by atoms with Gasteiger partial charge in [-0.25, -0.2) is 15.0 Å². The van der Waals surface area contributed by atoms with Crippen LogP contribution >= 0.6 is 0 Å². The van der Waals surface area contributed by atoms with Crippen LogP contribution in [0.2, 0.25) is 0 Å². The highest BCUT2D eigenvalue weighted by Gasteiger charge is 2.13. The van der Waals surface area contributed by atoms with E-state index < -0.39 is 0 Å². The number of anilines is 1. The molecular formula is C23H32N6O4. The van der Waals surface area contributed by atoms with Crippen LogP contribution in [0.15, 0.2) is 35.4 Å². The van der Waals surface area contributed by atoms with Gasteiger partial charge in [-0.15, -0.1) is 0 Å². The molecule has 0 amide bonds. The number of rotatable bonds is 14. The highest BCUT2D eigenvalue weighted by atomic mass is 16.5. The minimum absolute atomic E-state index is 0.203. The molecule has 0 atom stereocenters. The Morgan fingerprint density at radius 2 is 1.85 bits per heavy atom. The number of hydrogen-bond acceptors (Lipinski definition) is 9. The number of nitrogens with one attached hydrogen (secondary N) is 2. The molecule has 0 aliphatic heterocycles. The second-order valence-corrected chi connectivity index (χ2v) is 7.36. The molecule has 0 fully saturated rings. The highest BCUT2D eigenvalue weighted by molar-refractivity contribution is 5.78. The summed E-state index contributed by atoms with van der Waals surface area (Å²) in [6, 6.07) is 5.61. The Labute approximate surface area is 193 Å². The first-order chi connectivity index (χ1) is 16.2. The lowest BCUT2D eigenvalue weighted by Gasteiger charge is -2.14. The molecule has 0 radical (unpaired) electrons. The summed E-state index contributed by atoms with van der Waals surface area (Å²) in [6.07, 6.45) is 4.37. The van der Waals surface area contributed by atoms with Crippen molar-refractivity contribution in [1.29, 1.82) is 0 Å². The Morgan fingerprint density at radius 3 is 2.58 bits per heavy atom. The molecule has 0 bridgehead atoms. The van der Waals surface area contributed by atoms with Crippen molar-refractivity contribution in [3.8, 4) is 17.0 Å². The van der Waals surface area contributed by atoms with E-state index in [1.807, 2.05) is 12.1 Å². The third-order valence-corrected chi connectivity index (χ3v) is 4.97. The Hall–Kier alpha value is -3.08. The van der Waals surface area contributed by atoms with E-state index in [9.17, 15) is 4.79 Å². The molecule has 0 aromatic carbocycles. The zero-order chi connectivity index (χ0) is 23.5. The summed E-state index contributed by atoms with van der Waals surface area (Å²) in [7, 11) is 3.24. The molecule has 0 aliphatic rings. The van der Waals surface area contributed by atoms with Gasteiger partial charge in [0.15, 0.2) is 11.5 Å². The van der Waals surface area contributed by atoms with E-state index in [1.54, 1.807) is 37.2 Å². The van der Waals surface area contributed by atoms with E-state index in [0.717, 1.165) is 24.1 Å². The number of hydrogen-bond donors (Lipinski definition) is 2. The number of aromatic nitrogens is 4. The zero-order valence-electron chi connectivity index (χ0n) is 19.5. The second kappa shape index (κ2) is 12.8. The number of fused-ring (bicyclic) bond motifs is 1. The van der Waals surface area contributed by atoms with Crippen LogP contribution in [-0.4, -0.2) is 73.2 Å². The number of methoxy groups -OCH3 is 2. The van der Waals surface area contributed by atoms with Crippen molar-refractivity contribution in [2.45, 2.75) is 19.9 Å². The van der Waals surface area contributed by atoms with Crippen molar-refractivity contribution < 1.29 is 14.2 Å². The third-order valence-electron chi connectivity index (χ3n) is 4.97. The summed E-state index contributed by atoms with van der Waals surface area (Å²) in [4.78, 5) is 26.5. The average Bonchev–Trinajstić information content (AvgIpc) is 2.85. The highest BCUT2D eigenvalue weighted by Crippen LogP contribution is 2.23. The normalized spacial score (nSPS) is 11.1. The van der Waals surface area contributed by atoms with E-state index in [4.69, 9.17) is 14.2 Å². The SMILES string of the molecule is CCCOCCn1c(=O)c(NCCNCCOC)nc2ncc(-c3ccc(OC)nc3)cc21. The molecule has 0 unspecified atom stereocenters. The number of pyridine rings is 2. The Kier molecular flexibility index (Phi) is 9.55. The molecule has 0 spiro atoms. The van der Waals surface area contributed by atoms with Crippen LogP contribution in [0, 0.1) is 0 Å². The molecule has 2 N–H and O–H groups in total. The van der Waals surface area contributed by atoms with E-state index in [2.05, 4.69) is 32.5 Å². The van der Waals surface area contributed by atoms with Gasteiger partial charge in [-0.05, 0) is 18.6 Å². The molecule has 178 valence electrons. The van der Waals surface area contributed by atoms with Crippen LogP contribution in [0.5, 0.6) is 5.88 Å². The summed E-state index contributed by atoms with van der Waals surface area (Å²) in [5.41, 5.74) is 2.65. The molecule has 3 heterocycles. The minimum atomic E-state index is -0.203. The van der Waals surface area contributed by atoms with E-state index in [1.165, 1.54) is 0 Å². The molecule has 10 heteroatoms. The summed E-state index contributed by atoms with van der Waals surface area (Å²) in [6.45, 7) is 6.15. The van der Waals surface area contributed by atoms with Gasteiger partial charge in [-0.1, -0.05) is 6.92 Å². The predicted octanol–water partition coefficient (Wildman–Crippen LogP) is 1.94. The molecule has 0 saturated heterocycles. The monoisotopic (exact) mass is 456 g/mol. The van der Waals surface area contributed by atoms with Crippen LogP contribution in [0.25, 0.3) is 22.3 Å². The summed E-state index contributed by atoms with van der Waals surface area (Å²) in [5.74, 6) is 0.810. The number of ether oxygens (including phenoxy) is 3. The first kappa shape index (κ1) is 24.6. The Bertz CT molecular complexity index is 1070. The molecule has 3 rings (SSSR count). The topological polar surface area (TPSA) is 112 Å². The fourth-order valence-electron chi connectivity index (χ4n) is 3.26. The van der Waals surface area contributed by atoms with Gasteiger partial charge in [0.1, 0.15) is 0 Å². The quantitative estimate of drug-likeness (QED) is 0.351. The van der Waals surface area contributed by atoms with E-state index in [-0.39, 0.29) is 11.4 Å². The third kappa shape index (κ3) is 6.70. The minimum Gasteiger partial charge on any atom is -0.481 e. The lowest BCUT2D eigenvalue weighted by atomic mass is 10.1. The van der Waals surface area contributed by atoms with Gasteiger partial charge < -0.3 is 24.8 Å². The van der Waals surface area contributed by atoms with Gasteiger partial charge in [0.25, 0.3) is 5.56 Å². The molecule has 3 aromatic rings. The molecule has 0 aliphatic carbocycles. The first-order valence-corrected chi connectivity index (χ1v) is 11.1. The fourth-order valence-corrected chi connectivity index (χ4v) is 3.26. The summed E-state index contributed by atoms with van der Waals surface area (Å²) >= 11 is 0. The first-order valence-electron chi connectivity index (χ1n) is 11.1. The average molecular weight is 457 g/mol. The standard InChI is InChI=1S/C23H32N6O4/c1-4-11-33-13-10-29-19-14-18(17-5-6-20(32-3)26-15-17)16-27-21(19)28-22(23(29)30)25-8-7-24-9-12-31-2/h5-6,14-16,24H,4,7-13H2,1-3H3,(H,25,27,28). The van der Waals surface area contributed by atoms with Crippen molar-refractivity contribution in [2.75, 3.05) is 59.0 Å². The largest absolute Gasteiger partial charge is 0.481 e. The van der Waals surface area contributed by atoms with E-state index >= 15 is 0 Å². The molecule has 33 heavy (non-hydrogen) atoms. The fraction of sp³-hybridized carbons (Fsp3) is 0.478. The van der Waals surface area contributed by atoms with Gasteiger partial charge in [-0.2, -0.15) is 0 Å². The van der Waals surface area contributed by atoms with Crippen molar-refractivity contribution in [1.82, 2.24) is 24.8 Å². The summed E-state index contributed by atoms with van der Waals surface area (Å²) in [5, 5.41) is 6.37. The van der Waals surface area contributed by atoms with Crippen molar-refractivity contribution in [3.63, 3.8) is 0 Å². The van der Waals surface area contributed by atoms with Gasteiger partial charge >= 0.3 is 0 Å². The second-order valence-electron chi connectivity index (χ2n) is 7.36. The molecule has 0 saturated carbocycles. The van der Waals surface area contributed by atoms with Gasteiger partial charge in [0.2, 0.25) is 5.88 Å². The van der Waals surface area contributed by atoms with Gasteiger partial charge in [-0.3, -0.25) is 9.36 Å². The zero-order valence-corrected chi connectivity index (χ0v) is 19.5. The van der Waals surface area contributed by atoms with Crippen molar-refractivity contribution in [2.24, 2.45) is 0 Å². The maximum atomic E-state index is 13.2. The van der Waals surface area contributed by atoms with Crippen molar-refractivity contribution in [3.05, 3.63) is 40.9 Å². The van der Waals surface area contributed by atoms with Crippen LogP contribution in [0.4, 0.5) is 5.82 Å². The predicted molar refractivity (Wildman–Crippen MR) is 128 cm³/mol. The van der Waals surface area contributed by atoms with Crippen LogP contribution in [0.1, 0.15) is 13.3 Å². The summed E-state index contributed by atoms with van der Waals surface area (Å²) < 4.78 is 17.5. The number of nitrogens with zero attached hydrogens (tertiary/aromatic N) is 4. The smallest absolute Gasteiger partial charge is 0.293 e. The maximum absolute atomic E-state index is 13.2. The lowest BCUT2D eigenvalue weighted by molar-refractivity contribution is 0.127. The Balaban J connectivity index is 1.89. The van der Waals surface area contributed by atoms with Crippen molar-refractivity contribution >= 4 is 17.0 Å². The van der Waals surface area contributed by atoms with Crippen LogP contribution in [0.3, 0.4) is 0 Å². The van der Waals surface area contributed by atoms with Crippen LogP contribution in [-0.2, 0) is 16.0 Å². The van der Waals surface area contributed by atoms with Gasteiger partial charge in [0.05, 0.1) is 25.8 Å². The van der Waals surface area contributed by atoms with E-state index in [0.29, 0.717) is 56.5 Å². The van der Waals surface area contributed by atoms with Gasteiger partial charge in [0, 0.05) is 69.5 Å². The lowest BCUT2D eigenvalue weighted by Crippen LogP contribution is -2.31. The molecule has 10 nitrogen and oxygen atoms in total. The maximum Gasteiger partial charge on any atom is 0.293 e. The molecule has 3 aromatic heterocycles.